The highest BCUT2D eigenvalue weighted by atomic mass is 35.5. The van der Waals surface area contributed by atoms with Crippen molar-refractivity contribution < 1.29 is 9.53 Å². The van der Waals surface area contributed by atoms with Crippen molar-refractivity contribution in [3.8, 4) is 11.3 Å². The molecule has 0 saturated carbocycles. The van der Waals surface area contributed by atoms with Crippen molar-refractivity contribution in [2.24, 2.45) is 0 Å². The largest absolute Gasteiger partial charge is 0.382 e. The molecule has 5 nitrogen and oxygen atoms in total. The Balaban J connectivity index is 1.87. The normalized spacial score (nSPS) is 12.3. The quantitative estimate of drug-likeness (QED) is 0.582. The molecule has 142 valence electrons. The lowest BCUT2D eigenvalue weighted by molar-refractivity contribution is -0.124. The number of nitrogens with one attached hydrogen (secondary N) is 1. The van der Waals surface area contributed by atoms with Crippen molar-refractivity contribution in [1.29, 1.82) is 0 Å². The highest BCUT2D eigenvalue weighted by Gasteiger charge is 2.21. The second-order valence-electron chi connectivity index (χ2n) is 6.34. The zero-order valence-electron chi connectivity index (χ0n) is 15.6. The second-order valence-corrected chi connectivity index (χ2v) is 6.77. The molecule has 0 spiro atoms. The number of hydrogen-bond donors (Lipinski definition) is 1. The minimum Gasteiger partial charge on any atom is -0.382 e. The van der Waals surface area contributed by atoms with Gasteiger partial charge in [-0.1, -0.05) is 41.9 Å². The summed E-state index contributed by atoms with van der Waals surface area (Å²) in [6.45, 7) is 5.73. The molecule has 1 heterocycles. The van der Waals surface area contributed by atoms with Crippen molar-refractivity contribution in [1.82, 2.24) is 15.1 Å². The van der Waals surface area contributed by atoms with Gasteiger partial charge in [0.15, 0.2) is 0 Å². The Kier molecular flexibility index (Phi) is 6.48. The maximum Gasteiger partial charge on any atom is 0.244 e. The Labute approximate surface area is 164 Å². The average molecular weight is 386 g/mol. The van der Waals surface area contributed by atoms with Crippen LogP contribution in [0.5, 0.6) is 0 Å². The fourth-order valence-corrected chi connectivity index (χ4v) is 3.18. The summed E-state index contributed by atoms with van der Waals surface area (Å²) in [5.41, 5.74) is 2.70. The zero-order valence-corrected chi connectivity index (χ0v) is 16.4. The number of benzene rings is 2. The monoisotopic (exact) mass is 385 g/mol. The number of fused-ring (bicyclic) bond motifs is 1. The van der Waals surface area contributed by atoms with Gasteiger partial charge in [0.2, 0.25) is 5.91 Å². The van der Waals surface area contributed by atoms with E-state index in [1.54, 1.807) is 4.68 Å². The molecule has 3 aromatic rings. The van der Waals surface area contributed by atoms with E-state index in [0.29, 0.717) is 24.8 Å². The lowest BCUT2D eigenvalue weighted by Crippen LogP contribution is -2.32. The molecule has 1 N–H and O–H groups in total. The van der Waals surface area contributed by atoms with Crippen LogP contribution in [0.1, 0.15) is 26.3 Å². The highest BCUT2D eigenvalue weighted by Crippen LogP contribution is 2.31. The molecule has 0 unspecified atom stereocenters. The molecule has 1 amide bonds. The Bertz CT molecular complexity index is 908. The topological polar surface area (TPSA) is 56.1 Å². The van der Waals surface area contributed by atoms with Gasteiger partial charge in [-0.15, -0.1) is 0 Å². The summed E-state index contributed by atoms with van der Waals surface area (Å²) in [4.78, 5) is 12.6. The lowest BCUT2D eigenvalue weighted by atomic mass is 10.1. The van der Waals surface area contributed by atoms with Gasteiger partial charge in [-0.05, 0) is 38.5 Å². The van der Waals surface area contributed by atoms with Gasteiger partial charge in [-0.25, -0.2) is 0 Å². The first-order valence-corrected chi connectivity index (χ1v) is 9.58. The summed E-state index contributed by atoms with van der Waals surface area (Å²) < 4.78 is 7.07. The molecule has 0 aliphatic rings. The third-order valence-electron chi connectivity index (χ3n) is 4.43. The Morgan fingerprint density at radius 2 is 2.04 bits per heavy atom. The van der Waals surface area contributed by atoms with Gasteiger partial charge in [0, 0.05) is 35.7 Å². The maximum atomic E-state index is 12.6. The summed E-state index contributed by atoms with van der Waals surface area (Å²) in [5, 5.41) is 9.29. The van der Waals surface area contributed by atoms with E-state index in [-0.39, 0.29) is 5.91 Å². The minimum atomic E-state index is -0.432. The molecule has 0 aliphatic carbocycles. The fraction of sp³-hybridized carbons (Fsp3) is 0.333. The van der Waals surface area contributed by atoms with Crippen molar-refractivity contribution >= 4 is 28.4 Å². The summed E-state index contributed by atoms with van der Waals surface area (Å²) in [5.74, 6) is -0.0644. The third kappa shape index (κ3) is 4.49. The second kappa shape index (κ2) is 9.02. The molecule has 1 aromatic heterocycles. The van der Waals surface area contributed by atoms with Gasteiger partial charge in [0.05, 0.1) is 5.52 Å². The van der Waals surface area contributed by atoms with E-state index in [4.69, 9.17) is 21.4 Å². The Hall–Kier alpha value is -2.37. The van der Waals surface area contributed by atoms with Crippen LogP contribution in [0.15, 0.2) is 48.5 Å². The van der Waals surface area contributed by atoms with Crippen LogP contribution >= 0.6 is 11.6 Å². The van der Waals surface area contributed by atoms with Gasteiger partial charge in [0.25, 0.3) is 0 Å². The van der Waals surface area contributed by atoms with Gasteiger partial charge in [-0.2, -0.15) is 5.10 Å². The number of carbonyl (C=O) groups is 1. The van der Waals surface area contributed by atoms with Crippen LogP contribution in [0, 0.1) is 0 Å². The predicted molar refractivity (Wildman–Crippen MR) is 109 cm³/mol. The first-order chi connectivity index (χ1) is 13.1. The number of carbonyl (C=O) groups excluding carboxylic acids is 1. The summed E-state index contributed by atoms with van der Waals surface area (Å²) in [6, 6.07) is 15.1. The van der Waals surface area contributed by atoms with Crippen molar-refractivity contribution in [2.45, 2.75) is 26.3 Å². The third-order valence-corrected chi connectivity index (χ3v) is 4.67. The van der Waals surface area contributed by atoms with Gasteiger partial charge >= 0.3 is 0 Å². The van der Waals surface area contributed by atoms with E-state index in [0.717, 1.165) is 28.6 Å². The molecule has 0 fully saturated rings. The predicted octanol–water partition coefficient (Wildman–Crippen LogP) is 4.46. The van der Waals surface area contributed by atoms with Crippen LogP contribution in [-0.2, 0) is 9.53 Å². The summed E-state index contributed by atoms with van der Waals surface area (Å²) in [6.07, 6.45) is 0.789. The molecular weight excluding hydrogens is 362 g/mol. The number of hydrogen-bond acceptors (Lipinski definition) is 3. The molecule has 6 heteroatoms. The van der Waals surface area contributed by atoms with E-state index >= 15 is 0 Å². The van der Waals surface area contributed by atoms with Crippen LogP contribution < -0.4 is 5.32 Å². The van der Waals surface area contributed by atoms with E-state index in [1.807, 2.05) is 62.4 Å². The number of rotatable bonds is 8. The Morgan fingerprint density at radius 3 is 2.78 bits per heavy atom. The standard InChI is InChI=1S/C21H24ClN3O2/c1-3-27-13-7-12-23-21(26)15(2)25-19-11-10-17(22)14-18(19)20(24-25)16-8-5-4-6-9-16/h4-6,8-11,14-15H,3,7,12-13H2,1-2H3,(H,23,26)/t15-/m1/s1. The highest BCUT2D eigenvalue weighted by molar-refractivity contribution is 6.31. The van der Waals surface area contributed by atoms with Crippen molar-refractivity contribution in [2.75, 3.05) is 19.8 Å². The maximum absolute atomic E-state index is 12.6. The minimum absolute atomic E-state index is 0.0644. The van der Waals surface area contributed by atoms with Gasteiger partial charge in [0.1, 0.15) is 11.7 Å². The van der Waals surface area contributed by atoms with Crippen LogP contribution in [0.3, 0.4) is 0 Å². The summed E-state index contributed by atoms with van der Waals surface area (Å²) >= 11 is 6.21. The molecule has 0 bridgehead atoms. The molecule has 0 radical (unpaired) electrons. The average Bonchev–Trinajstić information content (AvgIpc) is 3.06. The molecule has 0 saturated heterocycles. The number of aromatic nitrogens is 2. The van der Waals surface area contributed by atoms with Crippen LogP contribution in [0.25, 0.3) is 22.2 Å². The van der Waals surface area contributed by atoms with E-state index in [9.17, 15) is 4.79 Å². The lowest BCUT2D eigenvalue weighted by Gasteiger charge is -2.14. The van der Waals surface area contributed by atoms with Crippen molar-refractivity contribution in [3.05, 3.63) is 53.6 Å². The molecule has 0 aliphatic heterocycles. The molecular formula is C21H24ClN3O2. The number of amides is 1. The fourth-order valence-electron chi connectivity index (χ4n) is 3.01. The van der Waals surface area contributed by atoms with E-state index in [2.05, 4.69) is 5.32 Å². The Morgan fingerprint density at radius 1 is 1.26 bits per heavy atom. The first-order valence-electron chi connectivity index (χ1n) is 9.20. The number of nitrogens with zero attached hydrogens (tertiary/aromatic N) is 2. The SMILES string of the molecule is CCOCCCNC(=O)[C@@H](C)n1nc(-c2ccccc2)c2cc(Cl)ccc21. The molecule has 27 heavy (non-hydrogen) atoms. The number of ether oxygens (including phenoxy) is 1. The zero-order chi connectivity index (χ0) is 19.2. The van der Waals surface area contributed by atoms with E-state index in [1.165, 1.54) is 0 Å². The molecule has 2 aromatic carbocycles. The molecule has 1 atom stereocenters. The van der Waals surface area contributed by atoms with E-state index < -0.39 is 6.04 Å². The molecule has 3 rings (SSSR count). The first kappa shape index (κ1) is 19.4. The van der Waals surface area contributed by atoms with Gasteiger partial charge < -0.3 is 10.1 Å². The smallest absolute Gasteiger partial charge is 0.244 e. The van der Waals surface area contributed by atoms with Gasteiger partial charge in [-0.3, -0.25) is 9.48 Å². The van der Waals surface area contributed by atoms with Crippen LogP contribution in [-0.4, -0.2) is 35.4 Å². The van der Waals surface area contributed by atoms with Crippen molar-refractivity contribution in [3.63, 3.8) is 0 Å². The summed E-state index contributed by atoms with van der Waals surface area (Å²) in [7, 11) is 0. The van der Waals surface area contributed by atoms with Crippen LogP contribution in [0.2, 0.25) is 5.02 Å². The number of halogens is 1. The van der Waals surface area contributed by atoms with Crippen LogP contribution in [0.4, 0.5) is 0 Å².